The minimum atomic E-state index is -2.84. The lowest BCUT2D eigenvalue weighted by Gasteiger charge is -2.48. The molecule has 3 rings (SSSR count). The largest absolute Gasteiger partial charge is 0.435 e. The van der Waals surface area contributed by atoms with Crippen LogP contribution in [0.3, 0.4) is 0 Å². The first-order valence-electron chi connectivity index (χ1n) is 9.71. The summed E-state index contributed by atoms with van der Waals surface area (Å²) < 4.78 is 34.2. The highest BCUT2D eigenvalue weighted by molar-refractivity contribution is 5.78. The summed E-state index contributed by atoms with van der Waals surface area (Å²) in [6.45, 7) is 1.15. The van der Waals surface area contributed by atoms with Crippen molar-refractivity contribution in [2.75, 3.05) is 32.8 Å². The van der Waals surface area contributed by atoms with Gasteiger partial charge in [0.15, 0.2) is 0 Å². The van der Waals surface area contributed by atoms with Gasteiger partial charge in [0.2, 0.25) is 5.91 Å². The fourth-order valence-electron chi connectivity index (χ4n) is 4.15. The van der Waals surface area contributed by atoms with E-state index >= 15 is 0 Å². The number of halogens is 2. The second-order valence-corrected chi connectivity index (χ2v) is 7.36. The van der Waals surface area contributed by atoms with E-state index in [2.05, 4.69) is 15.0 Å². The number of hydrogen-bond donors (Lipinski definition) is 1. The van der Waals surface area contributed by atoms with Crippen molar-refractivity contribution in [2.45, 2.75) is 50.7 Å². The molecule has 1 aromatic carbocycles. The topological polar surface area (TPSA) is 50.8 Å². The standard InChI is InChI=1S/C20H28F2N2O3/c21-19(22)27-17-6-4-16(5-7-17)14-18(25)23-15-20(8-2-1-3-9-20)24-10-12-26-13-11-24/h4-7,19H,1-3,8-15H2,(H,23,25). The number of amides is 1. The molecule has 0 radical (unpaired) electrons. The van der Waals surface area contributed by atoms with Crippen molar-refractivity contribution in [1.29, 1.82) is 0 Å². The van der Waals surface area contributed by atoms with Gasteiger partial charge in [0.25, 0.3) is 0 Å². The van der Waals surface area contributed by atoms with E-state index in [4.69, 9.17) is 4.74 Å². The van der Waals surface area contributed by atoms with Crippen molar-refractivity contribution in [3.8, 4) is 5.75 Å². The zero-order valence-corrected chi connectivity index (χ0v) is 15.6. The summed E-state index contributed by atoms with van der Waals surface area (Å²) in [5.74, 6) is 0.0540. The van der Waals surface area contributed by atoms with Gasteiger partial charge in [0.05, 0.1) is 19.6 Å². The van der Waals surface area contributed by atoms with Crippen LogP contribution in [0.4, 0.5) is 8.78 Å². The van der Waals surface area contributed by atoms with Gasteiger partial charge in [-0.3, -0.25) is 9.69 Å². The Hall–Kier alpha value is -1.73. The summed E-state index contributed by atoms with van der Waals surface area (Å²) in [6, 6.07) is 6.22. The molecule has 27 heavy (non-hydrogen) atoms. The molecule has 1 saturated carbocycles. The quantitative estimate of drug-likeness (QED) is 0.788. The molecule has 7 heteroatoms. The van der Waals surface area contributed by atoms with Crippen LogP contribution < -0.4 is 10.1 Å². The molecule has 1 aliphatic heterocycles. The SMILES string of the molecule is O=C(Cc1ccc(OC(F)F)cc1)NCC1(N2CCOCC2)CCCCC1. The molecule has 1 aromatic rings. The first-order chi connectivity index (χ1) is 13.1. The molecule has 1 saturated heterocycles. The van der Waals surface area contributed by atoms with E-state index in [0.29, 0.717) is 6.54 Å². The monoisotopic (exact) mass is 382 g/mol. The van der Waals surface area contributed by atoms with Crippen molar-refractivity contribution in [1.82, 2.24) is 10.2 Å². The molecule has 150 valence electrons. The Balaban J connectivity index is 1.54. The summed E-state index contributed by atoms with van der Waals surface area (Å²) in [7, 11) is 0. The maximum Gasteiger partial charge on any atom is 0.387 e. The molecule has 0 atom stereocenters. The third-order valence-corrected chi connectivity index (χ3v) is 5.59. The molecule has 2 aliphatic rings. The molecule has 0 unspecified atom stereocenters. The van der Waals surface area contributed by atoms with Gasteiger partial charge in [-0.15, -0.1) is 0 Å². The van der Waals surface area contributed by atoms with E-state index < -0.39 is 6.61 Å². The maximum atomic E-state index is 12.4. The number of hydrogen-bond acceptors (Lipinski definition) is 4. The van der Waals surface area contributed by atoms with E-state index in [1.165, 1.54) is 31.4 Å². The van der Waals surface area contributed by atoms with Gasteiger partial charge < -0.3 is 14.8 Å². The lowest BCUT2D eigenvalue weighted by Crippen LogP contribution is -2.59. The average Bonchev–Trinajstić information content (AvgIpc) is 2.69. The lowest BCUT2D eigenvalue weighted by molar-refractivity contribution is -0.121. The molecule has 1 aliphatic carbocycles. The number of nitrogens with one attached hydrogen (secondary N) is 1. The van der Waals surface area contributed by atoms with Crippen LogP contribution in [-0.2, 0) is 16.0 Å². The third kappa shape index (κ3) is 5.62. The highest BCUT2D eigenvalue weighted by Crippen LogP contribution is 2.33. The number of morpholine rings is 1. The molecule has 1 N–H and O–H groups in total. The molecule has 2 fully saturated rings. The van der Waals surface area contributed by atoms with Crippen LogP contribution in [0.1, 0.15) is 37.7 Å². The van der Waals surface area contributed by atoms with Gasteiger partial charge in [0.1, 0.15) is 5.75 Å². The Morgan fingerprint density at radius 1 is 1.15 bits per heavy atom. The predicted octanol–water partition coefficient (Wildman–Crippen LogP) is 2.98. The normalized spacial score (nSPS) is 20.4. The van der Waals surface area contributed by atoms with Gasteiger partial charge in [0, 0.05) is 25.2 Å². The molecular weight excluding hydrogens is 354 g/mol. The van der Waals surface area contributed by atoms with Gasteiger partial charge >= 0.3 is 6.61 Å². The van der Waals surface area contributed by atoms with Crippen LogP contribution in [-0.4, -0.2) is 55.8 Å². The highest BCUT2D eigenvalue weighted by atomic mass is 19.3. The predicted molar refractivity (Wildman–Crippen MR) is 98.0 cm³/mol. The minimum absolute atomic E-state index is 0.0344. The fourth-order valence-corrected chi connectivity index (χ4v) is 4.15. The zero-order chi connectivity index (χ0) is 19.1. The number of alkyl halides is 2. The van der Waals surface area contributed by atoms with E-state index in [1.54, 1.807) is 12.1 Å². The Morgan fingerprint density at radius 3 is 2.44 bits per heavy atom. The summed E-state index contributed by atoms with van der Waals surface area (Å²) in [6.07, 6.45) is 6.08. The number of rotatable bonds is 7. The fraction of sp³-hybridized carbons (Fsp3) is 0.650. The lowest BCUT2D eigenvalue weighted by atomic mass is 9.79. The number of carbonyl (C=O) groups is 1. The smallest absolute Gasteiger partial charge is 0.387 e. The van der Waals surface area contributed by atoms with Crippen molar-refractivity contribution in [2.24, 2.45) is 0 Å². The molecule has 0 aromatic heterocycles. The molecule has 0 spiro atoms. The van der Waals surface area contributed by atoms with Crippen LogP contribution in [0.5, 0.6) is 5.75 Å². The van der Waals surface area contributed by atoms with Crippen molar-refractivity contribution in [3.05, 3.63) is 29.8 Å². The first-order valence-corrected chi connectivity index (χ1v) is 9.71. The van der Waals surface area contributed by atoms with Crippen LogP contribution in [0.2, 0.25) is 0 Å². The molecule has 5 nitrogen and oxygen atoms in total. The van der Waals surface area contributed by atoms with Crippen LogP contribution in [0, 0.1) is 0 Å². The first kappa shape index (κ1) is 20.0. The Bertz CT molecular complexity index is 598. The molecule has 1 amide bonds. The molecule has 0 bridgehead atoms. The van der Waals surface area contributed by atoms with Crippen LogP contribution in [0.25, 0.3) is 0 Å². The summed E-state index contributed by atoms with van der Waals surface area (Å²) >= 11 is 0. The Morgan fingerprint density at radius 2 is 1.81 bits per heavy atom. The summed E-state index contributed by atoms with van der Waals surface area (Å²) in [5.41, 5.74) is 0.810. The number of ether oxygens (including phenoxy) is 2. The van der Waals surface area contributed by atoms with Crippen molar-refractivity contribution < 1.29 is 23.0 Å². The van der Waals surface area contributed by atoms with Gasteiger partial charge in [-0.05, 0) is 30.5 Å². The van der Waals surface area contributed by atoms with E-state index in [9.17, 15) is 13.6 Å². The van der Waals surface area contributed by atoms with E-state index in [-0.39, 0.29) is 23.6 Å². The van der Waals surface area contributed by atoms with Gasteiger partial charge in [-0.1, -0.05) is 31.4 Å². The Labute approximate surface area is 159 Å². The van der Waals surface area contributed by atoms with Gasteiger partial charge in [-0.25, -0.2) is 0 Å². The number of carbonyl (C=O) groups excluding carboxylic acids is 1. The number of nitrogens with zero attached hydrogens (tertiary/aromatic N) is 1. The van der Waals surface area contributed by atoms with Crippen molar-refractivity contribution >= 4 is 5.91 Å². The van der Waals surface area contributed by atoms with Crippen LogP contribution in [0.15, 0.2) is 24.3 Å². The highest BCUT2D eigenvalue weighted by Gasteiger charge is 2.38. The molecular formula is C20H28F2N2O3. The Kier molecular flexibility index (Phi) is 7.01. The van der Waals surface area contributed by atoms with Gasteiger partial charge in [-0.2, -0.15) is 8.78 Å². The van der Waals surface area contributed by atoms with E-state index in [0.717, 1.165) is 44.7 Å². The second kappa shape index (κ2) is 9.46. The summed E-state index contributed by atoms with van der Waals surface area (Å²) in [4.78, 5) is 14.9. The summed E-state index contributed by atoms with van der Waals surface area (Å²) in [5, 5.41) is 3.11. The van der Waals surface area contributed by atoms with E-state index in [1.807, 2.05) is 0 Å². The average molecular weight is 382 g/mol. The van der Waals surface area contributed by atoms with Crippen molar-refractivity contribution in [3.63, 3.8) is 0 Å². The number of benzene rings is 1. The second-order valence-electron chi connectivity index (χ2n) is 7.36. The van der Waals surface area contributed by atoms with Crippen LogP contribution >= 0.6 is 0 Å². The maximum absolute atomic E-state index is 12.4. The zero-order valence-electron chi connectivity index (χ0n) is 15.6. The minimum Gasteiger partial charge on any atom is -0.435 e. The third-order valence-electron chi connectivity index (χ3n) is 5.59. The molecule has 1 heterocycles.